The summed E-state index contributed by atoms with van der Waals surface area (Å²) in [5.74, 6) is 0. The van der Waals surface area contributed by atoms with E-state index in [1.54, 1.807) is 0 Å². The molecule has 0 saturated carbocycles. The van der Waals surface area contributed by atoms with Crippen LogP contribution in [-0.2, 0) is 6.42 Å². The SMILES string of the molecule is O[C@@H]1Cc2ccccc2N[C@H](c2ccc(Cl)cc2)C1. The Morgan fingerprint density at radius 3 is 2.58 bits per heavy atom. The number of aliphatic hydroxyl groups excluding tert-OH is 1. The molecule has 1 aliphatic heterocycles. The van der Waals surface area contributed by atoms with Crippen molar-refractivity contribution in [3.05, 3.63) is 64.7 Å². The van der Waals surface area contributed by atoms with Crippen LogP contribution in [0, 0.1) is 0 Å². The highest BCUT2D eigenvalue weighted by molar-refractivity contribution is 6.30. The molecule has 2 aromatic rings. The molecule has 2 aromatic carbocycles. The number of nitrogens with one attached hydrogen (secondary N) is 1. The van der Waals surface area contributed by atoms with Crippen LogP contribution in [0.25, 0.3) is 0 Å². The zero-order chi connectivity index (χ0) is 13.2. The van der Waals surface area contributed by atoms with Crippen LogP contribution in [0.2, 0.25) is 5.02 Å². The number of para-hydroxylation sites is 1. The molecule has 2 N–H and O–H groups in total. The third-order valence-corrected chi connectivity index (χ3v) is 3.83. The molecule has 2 atom stereocenters. The van der Waals surface area contributed by atoms with Crippen molar-refractivity contribution in [2.45, 2.75) is 25.0 Å². The van der Waals surface area contributed by atoms with Gasteiger partial charge in [0.25, 0.3) is 0 Å². The van der Waals surface area contributed by atoms with Crippen LogP contribution in [0.15, 0.2) is 48.5 Å². The fourth-order valence-corrected chi connectivity index (χ4v) is 2.74. The lowest BCUT2D eigenvalue weighted by Gasteiger charge is -2.19. The van der Waals surface area contributed by atoms with Gasteiger partial charge in [-0.2, -0.15) is 0 Å². The van der Waals surface area contributed by atoms with Gasteiger partial charge in [0.2, 0.25) is 0 Å². The number of hydrogen-bond acceptors (Lipinski definition) is 2. The molecule has 0 radical (unpaired) electrons. The number of benzene rings is 2. The predicted molar refractivity (Wildman–Crippen MR) is 78.6 cm³/mol. The van der Waals surface area contributed by atoms with Crippen LogP contribution in [-0.4, -0.2) is 11.2 Å². The third-order valence-electron chi connectivity index (χ3n) is 3.58. The summed E-state index contributed by atoms with van der Waals surface area (Å²) >= 11 is 5.92. The normalized spacial score (nSPS) is 22.2. The first-order valence-electron chi connectivity index (χ1n) is 6.50. The van der Waals surface area contributed by atoms with Gasteiger partial charge in [0.05, 0.1) is 12.1 Å². The smallest absolute Gasteiger partial charge is 0.0604 e. The number of aliphatic hydroxyl groups is 1. The molecule has 3 heteroatoms. The van der Waals surface area contributed by atoms with Gasteiger partial charge < -0.3 is 10.4 Å². The van der Waals surface area contributed by atoms with Crippen LogP contribution in [0.3, 0.4) is 0 Å². The van der Waals surface area contributed by atoms with Crippen molar-refractivity contribution in [2.24, 2.45) is 0 Å². The highest BCUT2D eigenvalue weighted by atomic mass is 35.5. The molecule has 98 valence electrons. The van der Waals surface area contributed by atoms with Gasteiger partial charge in [0.1, 0.15) is 0 Å². The molecule has 0 unspecified atom stereocenters. The van der Waals surface area contributed by atoms with E-state index in [1.807, 2.05) is 36.4 Å². The van der Waals surface area contributed by atoms with Crippen molar-refractivity contribution in [2.75, 3.05) is 5.32 Å². The topological polar surface area (TPSA) is 32.3 Å². The highest BCUT2D eigenvalue weighted by Crippen LogP contribution is 2.31. The Morgan fingerprint density at radius 1 is 1.05 bits per heavy atom. The second-order valence-corrected chi connectivity index (χ2v) is 5.44. The average molecular weight is 274 g/mol. The summed E-state index contributed by atoms with van der Waals surface area (Å²) in [6.45, 7) is 0. The first-order chi connectivity index (χ1) is 9.22. The van der Waals surface area contributed by atoms with Crippen molar-refractivity contribution in [1.82, 2.24) is 0 Å². The summed E-state index contributed by atoms with van der Waals surface area (Å²) < 4.78 is 0. The lowest BCUT2D eigenvalue weighted by molar-refractivity contribution is 0.161. The van der Waals surface area contributed by atoms with Gasteiger partial charge in [-0.3, -0.25) is 0 Å². The first kappa shape index (κ1) is 12.5. The van der Waals surface area contributed by atoms with E-state index in [0.29, 0.717) is 12.8 Å². The lowest BCUT2D eigenvalue weighted by Crippen LogP contribution is -2.16. The van der Waals surface area contributed by atoms with E-state index in [2.05, 4.69) is 17.4 Å². The standard InChI is InChI=1S/C16H16ClNO/c17-13-7-5-11(6-8-13)16-10-14(19)9-12-3-1-2-4-15(12)18-16/h1-8,14,16,18-19H,9-10H2/t14-,16+/m1/s1. The van der Waals surface area contributed by atoms with Crippen LogP contribution < -0.4 is 5.32 Å². The Hall–Kier alpha value is -1.51. The van der Waals surface area contributed by atoms with E-state index in [0.717, 1.165) is 16.3 Å². The number of hydrogen-bond donors (Lipinski definition) is 2. The van der Waals surface area contributed by atoms with E-state index in [9.17, 15) is 5.11 Å². The summed E-state index contributed by atoms with van der Waals surface area (Å²) in [5, 5.41) is 14.4. The van der Waals surface area contributed by atoms with Crippen molar-refractivity contribution in [1.29, 1.82) is 0 Å². The van der Waals surface area contributed by atoms with E-state index in [4.69, 9.17) is 11.6 Å². The first-order valence-corrected chi connectivity index (χ1v) is 6.88. The Bertz CT molecular complexity index is 567. The Kier molecular flexibility index (Phi) is 3.45. The lowest BCUT2D eigenvalue weighted by atomic mass is 10.00. The molecule has 3 rings (SSSR count). The second kappa shape index (κ2) is 5.24. The molecule has 0 fully saturated rings. The molecule has 2 nitrogen and oxygen atoms in total. The minimum Gasteiger partial charge on any atom is -0.393 e. The Morgan fingerprint density at radius 2 is 1.79 bits per heavy atom. The van der Waals surface area contributed by atoms with E-state index in [1.165, 1.54) is 5.56 Å². The highest BCUT2D eigenvalue weighted by Gasteiger charge is 2.22. The summed E-state index contributed by atoms with van der Waals surface area (Å²) in [5.41, 5.74) is 3.44. The van der Waals surface area contributed by atoms with Crippen molar-refractivity contribution < 1.29 is 5.11 Å². The fraction of sp³-hybridized carbons (Fsp3) is 0.250. The zero-order valence-corrected chi connectivity index (χ0v) is 11.3. The minimum atomic E-state index is -0.322. The molecule has 0 saturated heterocycles. The van der Waals surface area contributed by atoms with Gasteiger partial charge in [0.15, 0.2) is 0 Å². The summed E-state index contributed by atoms with van der Waals surface area (Å²) in [6, 6.07) is 16.1. The maximum atomic E-state index is 10.2. The third kappa shape index (κ3) is 2.75. The second-order valence-electron chi connectivity index (χ2n) is 5.00. The number of rotatable bonds is 1. The van der Waals surface area contributed by atoms with Gasteiger partial charge >= 0.3 is 0 Å². The molecular weight excluding hydrogens is 258 g/mol. The number of fused-ring (bicyclic) bond motifs is 1. The predicted octanol–water partition coefficient (Wildman–Crippen LogP) is 3.80. The van der Waals surface area contributed by atoms with E-state index in [-0.39, 0.29) is 12.1 Å². The molecule has 19 heavy (non-hydrogen) atoms. The average Bonchev–Trinajstić information content (AvgIpc) is 2.57. The van der Waals surface area contributed by atoms with Crippen LogP contribution in [0.1, 0.15) is 23.6 Å². The zero-order valence-electron chi connectivity index (χ0n) is 10.5. The molecule has 0 aliphatic carbocycles. The summed E-state index contributed by atoms with van der Waals surface area (Å²) in [4.78, 5) is 0. The van der Waals surface area contributed by atoms with Crippen molar-refractivity contribution in [3.63, 3.8) is 0 Å². The molecule has 0 aromatic heterocycles. The quantitative estimate of drug-likeness (QED) is 0.828. The van der Waals surface area contributed by atoms with Gasteiger partial charge in [-0.05, 0) is 35.7 Å². The largest absolute Gasteiger partial charge is 0.393 e. The summed E-state index contributed by atoms with van der Waals surface area (Å²) in [6.07, 6.45) is 1.08. The van der Waals surface area contributed by atoms with Crippen molar-refractivity contribution >= 4 is 17.3 Å². The number of halogens is 1. The Balaban J connectivity index is 1.93. The molecule has 0 amide bonds. The van der Waals surface area contributed by atoms with Gasteiger partial charge in [-0.15, -0.1) is 0 Å². The van der Waals surface area contributed by atoms with Gasteiger partial charge in [0, 0.05) is 17.1 Å². The minimum absolute atomic E-state index is 0.121. The molecular formula is C16H16ClNO. The number of anilines is 1. The van der Waals surface area contributed by atoms with Gasteiger partial charge in [-0.25, -0.2) is 0 Å². The molecule has 0 bridgehead atoms. The fourth-order valence-electron chi connectivity index (χ4n) is 2.61. The van der Waals surface area contributed by atoms with Crippen LogP contribution in [0.5, 0.6) is 0 Å². The van der Waals surface area contributed by atoms with Crippen molar-refractivity contribution in [3.8, 4) is 0 Å². The molecule has 1 heterocycles. The maximum Gasteiger partial charge on any atom is 0.0604 e. The molecule has 0 spiro atoms. The van der Waals surface area contributed by atoms with Crippen LogP contribution >= 0.6 is 11.6 Å². The van der Waals surface area contributed by atoms with E-state index < -0.39 is 0 Å². The monoisotopic (exact) mass is 273 g/mol. The maximum absolute atomic E-state index is 10.2. The molecule has 1 aliphatic rings. The Labute approximate surface area is 118 Å². The van der Waals surface area contributed by atoms with E-state index >= 15 is 0 Å². The van der Waals surface area contributed by atoms with Crippen LogP contribution in [0.4, 0.5) is 5.69 Å². The van der Waals surface area contributed by atoms with Gasteiger partial charge in [-0.1, -0.05) is 41.9 Å². The summed E-state index contributed by atoms with van der Waals surface area (Å²) in [7, 11) is 0.